The Morgan fingerprint density at radius 3 is 0.400 bits per heavy atom. The number of rotatable bonds is 0. The molecule has 0 bridgehead atoms. The van der Waals surface area contributed by atoms with Crippen molar-refractivity contribution in [3.63, 3.8) is 0 Å². The molecule has 20 heavy (non-hydrogen) atoms. The highest BCUT2D eigenvalue weighted by molar-refractivity contribution is 4.94. The quantitative estimate of drug-likeness (QED) is 0.430. The summed E-state index contributed by atoms with van der Waals surface area (Å²) in [5.41, 5.74) is 0. The van der Waals surface area contributed by atoms with Crippen molar-refractivity contribution in [2.45, 2.75) is 64.2 Å². The summed E-state index contributed by atoms with van der Waals surface area (Å²) in [6, 6.07) is 0. The van der Waals surface area contributed by atoms with E-state index in [4.69, 9.17) is 0 Å². The second-order valence-electron chi connectivity index (χ2n) is 5.24. The first-order chi connectivity index (χ1) is 10.0. The molecule has 0 saturated carbocycles. The minimum Gasteiger partial charge on any atom is -0.0882 e. The number of hydrogen-bond donors (Lipinski definition) is 0. The Bertz CT molecular complexity index is 228. The van der Waals surface area contributed by atoms with E-state index in [1.54, 1.807) is 0 Å². The Labute approximate surface area is 125 Å². The highest BCUT2D eigenvalue weighted by atomic mass is 13.9. The molecule has 0 saturated heterocycles. The zero-order valence-electron chi connectivity index (χ0n) is 12.8. The third-order valence-electron chi connectivity index (χ3n) is 3.33. The lowest BCUT2D eigenvalue weighted by Crippen LogP contribution is -1.71. The van der Waals surface area contributed by atoms with Gasteiger partial charge in [0.2, 0.25) is 0 Å². The van der Waals surface area contributed by atoms with Gasteiger partial charge >= 0.3 is 0 Å². The van der Waals surface area contributed by atoms with Crippen LogP contribution >= 0.6 is 0 Å². The fourth-order valence-corrected chi connectivity index (χ4v) is 2.14. The second-order valence-corrected chi connectivity index (χ2v) is 5.24. The Morgan fingerprint density at radius 1 is 0.200 bits per heavy atom. The van der Waals surface area contributed by atoms with E-state index in [0.29, 0.717) is 0 Å². The third-order valence-corrected chi connectivity index (χ3v) is 3.33. The summed E-state index contributed by atoms with van der Waals surface area (Å²) in [6.45, 7) is 0. The molecule has 0 heteroatoms. The highest BCUT2D eigenvalue weighted by Crippen LogP contribution is 2.03. The minimum absolute atomic E-state index is 1.18. The van der Waals surface area contributed by atoms with Crippen LogP contribution in [-0.2, 0) is 0 Å². The van der Waals surface area contributed by atoms with E-state index in [2.05, 4.69) is 60.8 Å². The van der Waals surface area contributed by atoms with E-state index in [-0.39, 0.29) is 0 Å². The molecular weight excluding hydrogens is 240 g/mol. The molecule has 0 amide bonds. The summed E-state index contributed by atoms with van der Waals surface area (Å²) >= 11 is 0. The Morgan fingerprint density at radius 2 is 0.300 bits per heavy atom. The highest BCUT2D eigenvalue weighted by Gasteiger charge is 1.83. The van der Waals surface area contributed by atoms with Gasteiger partial charge in [-0.05, 0) is 64.2 Å². The average Bonchev–Trinajstić information content (AvgIpc) is 2.46. The van der Waals surface area contributed by atoms with Gasteiger partial charge in [0.25, 0.3) is 0 Å². The largest absolute Gasteiger partial charge is 0.0882 e. The first-order valence-electron chi connectivity index (χ1n) is 8.25. The average molecular weight is 270 g/mol. The smallest absolute Gasteiger partial charge is 0.0316 e. The maximum Gasteiger partial charge on any atom is -0.0316 e. The van der Waals surface area contributed by atoms with E-state index in [1.807, 2.05) is 0 Å². The summed E-state index contributed by atoms with van der Waals surface area (Å²) in [7, 11) is 0. The van der Waals surface area contributed by atoms with Crippen molar-refractivity contribution < 1.29 is 0 Å². The van der Waals surface area contributed by atoms with E-state index in [1.165, 1.54) is 64.2 Å². The Balaban J connectivity index is 2.29. The molecule has 0 atom stereocenters. The first-order valence-corrected chi connectivity index (χ1v) is 8.25. The molecule has 0 aliphatic heterocycles. The molecule has 0 radical (unpaired) electrons. The summed E-state index contributed by atoms with van der Waals surface area (Å²) in [5, 5.41) is 0. The van der Waals surface area contributed by atoms with Crippen LogP contribution in [-0.4, -0.2) is 0 Å². The van der Waals surface area contributed by atoms with E-state index < -0.39 is 0 Å². The van der Waals surface area contributed by atoms with Gasteiger partial charge < -0.3 is 0 Å². The van der Waals surface area contributed by atoms with Crippen molar-refractivity contribution in [3.05, 3.63) is 60.8 Å². The topological polar surface area (TPSA) is 0 Å². The van der Waals surface area contributed by atoms with Crippen molar-refractivity contribution >= 4 is 0 Å². The molecule has 1 aliphatic rings. The summed E-state index contributed by atoms with van der Waals surface area (Å²) in [4.78, 5) is 0. The van der Waals surface area contributed by atoms with Gasteiger partial charge in [-0.15, -0.1) is 0 Å². The molecule has 0 N–H and O–H groups in total. The zero-order valence-corrected chi connectivity index (χ0v) is 12.8. The minimum atomic E-state index is 1.18. The SMILES string of the molecule is C1=C\CC/C=C/CC/C=C/CC/C=C/CC/C=C/CC/1. The maximum atomic E-state index is 2.32. The fourth-order valence-electron chi connectivity index (χ4n) is 2.14. The molecule has 0 aromatic heterocycles. The molecule has 1 rings (SSSR count). The molecule has 0 fully saturated rings. The van der Waals surface area contributed by atoms with Crippen LogP contribution in [0.1, 0.15) is 64.2 Å². The maximum absolute atomic E-state index is 2.32. The predicted molar refractivity (Wildman–Crippen MR) is 91.9 cm³/mol. The predicted octanol–water partition coefficient (Wildman–Crippen LogP) is 6.68. The van der Waals surface area contributed by atoms with Gasteiger partial charge in [0, 0.05) is 0 Å². The van der Waals surface area contributed by atoms with Crippen molar-refractivity contribution in [2.24, 2.45) is 0 Å². The number of allylic oxidation sites excluding steroid dienone is 10. The molecule has 0 unspecified atom stereocenters. The van der Waals surface area contributed by atoms with Gasteiger partial charge in [0.15, 0.2) is 0 Å². The Hall–Kier alpha value is -1.30. The molecule has 0 spiro atoms. The van der Waals surface area contributed by atoms with Gasteiger partial charge in [0.05, 0.1) is 0 Å². The fraction of sp³-hybridized carbons (Fsp3) is 0.500. The van der Waals surface area contributed by atoms with Crippen LogP contribution in [0.5, 0.6) is 0 Å². The molecule has 0 aromatic rings. The monoisotopic (exact) mass is 270 g/mol. The van der Waals surface area contributed by atoms with Crippen LogP contribution in [0.15, 0.2) is 60.8 Å². The molecule has 0 nitrogen and oxygen atoms in total. The van der Waals surface area contributed by atoms with Crippen molar-refractivity contribution in [1.29, 1.82) is 0 Å². The lowest BCUT2D eigenvalue weighted by molar-refractivity contribution is 0.962. The van der Waals surface area contributed by atoms with Crippen LogP contribution in [0.25, 0.3) is 0 Å². The zero-order chi connectivity index (χ0) is 14.1. The number of hydrogen-bond acceptors (Lipinski definition) is 0. The third kappa shape index (κ3) is 11.8. The van der Waals surface area contributed by atoms with Crippen LogP contribution in [0, 0.1) is 0 Å². The van der Waals surface area contributed by atoms with E-state index in [9.17, 15) is 0 Å². The summed E-state index contributed by atoms with van der Waals surface area (Å²) in [5.74, 6) is 0. The lowest BCUT2D eigenvalue weighted by Gasteiger charge is -1.92. The van der Waals surface area contributed by atoms with Crippen molar-refractivity contribution in [3.8, 4) is 0 Å². The van der Waals surface area contributed by atoms with E-state index in [0.717, 1.165) is 0 Å². The Kier molecular flexibility index (Phi) is 11.8. The normalized spacial score (nSPS) is 28.0. The molecule has 110 valence electrons. The molecule has 1 aliphatic carbocycles. The van der Waals surface area contributed by atoms with Crippen molar-refractivity contribution in [1.82, 2.24) is 0 Å². The van der Waals surface area contributed by atoms with Gasteiger partial charge in [-0.2, -0.15) is 0 Å². The van der Waals surface area contributed by atoms with Gasteiger partial charge in [-0.25, -0.2) is 0 Å². The van der Waals surface area contributed by atoms with Gasteiger partial charge in [-0.1, -0.05) is 60.8 Å². The van der Waals surface area contributed by atoms with Gasteiger partial charge in [0.1, 0.15) is 0 Å². The van der Waals surface area contributed by atoms with Crippen LogP contribution in [0.4, 0.5) is 0 Å². The second kappa shape index (κ2) is 14.1. The van der Waals surface area contributed by atoms with Crippen LogP contribution < -0.4 is 0 Å². The molecular formula is C20H30. The van der Waals surface area contributed by atoms with E-state index >= 15 is 0 Å². The van der Waals surface area contributed by atoms with Crippen LogP contribution in [0.2, 0.25) is 0 Å². The van der Waals surface area contributed by atoms with Gasteiger partial charge in [-0.3, -0.25) is 0 Å². The summed E-state index contributed by atoms with van der Waals surface area (Å²) < 4.78 is 0. The summed E-state index contributed by atoms with van der Waals surface area (Å²) in [6.07, 6.45) is 35.0. The molecule has 0 heterocycles. The standard InChI is InChI=1S/C20H30/c1-2-4-6-8-10-12-14-16-18-20-19-17-15-13-11-9-7-5-3-1/h1-2,7-10,15-18H,3-6,11-14,19-20H2/b2-1-,9-7+,10-8+,17-15+,18-16+. The lowest BCUT2D eigenvalue weighted by atomic mass is 10.1. The van der Waals surface area contributed by atoms with Crippen LogP contribution in [0.3, 0.4) is 0 Å². The molecule has 0 aromatic carbocycles. The van der Waals surface area contributed by atoms with Crippen molar-refractivity contribution in [2.75, 3.05) is 0 Å². The first kappa shape index (κ1) is 16.8.